The number of aromatic nitrogens is 2. The molecule has 10 aromatic carbocycles. The molecule has 0 aliphatic carbocycles. The molecule has 0 saturated heterocycles. The molecule has 306 valence electrons. The van der Waals surface area contributed by atoms with Crippen molar-refractivity contribution < 1.29 is 0 Å². The molecule has 0 bridgehead atoms. The number of fused-ring (bicyclic) bond motifs is 6. The van der Waals surface area contributed by atoms with Crippen LogP contribution in [-0.2, 0) is 0 Å². The van der Waals surface area contributed by atoms with Gasteiger partial charge >= 0.3 is 0 Å². The number of hydrogen-bond donors (Lipinski definition) is 0. The Bertz CT molecular complexity index is 3730. The standard InChI is InChI=1S/C62H38N4/c63-39-41-14-13-23-50(34-41)52-29-24-51(40-64)61(65-57-30-25-46(42-15-5-1-6-16-42)35-53(57)54-36-47(26-31-58(54)65)43-17-7-2-8-18-43)62(52)66-59-32-27-48(44-19-9-3-10-20-44)37-55(59)56-38-49(28-33-60(56)66)45-21-11-4-12-22-45/h1-38H. The Morgan fingerprint density at radius 2 is 0.636 bits per heavy atom. The molecule has 0 radical (unpaired) electrons. The molecule has 4 nitrogen and oxygen atoms in total. The van der Waals surface area contributed by atoms with Gasteiger partial charge in [0.25, 0.3) is 0 Å². The molecule has 4 heteroatoms. The molecule has 0 spiro atoms. The fourth-order valence-electron chi connectivity index (χ4n) is 9.88. The minimum atomic E-state index is 0.528. The molecule has 0 saturated carbocycles. The van der Waals surface area contributed by atoms with Crippen LogP contribution in [0.4, 0.5) is 0 Å². The van der Waals surface area contributed by atoms with Gasteiger partial charge in [-0.25, -0.2) is 0 Å². The average Bonchev–Trinajstić information content (AvgIpc) is 3.90. The summed E-state index contributed by atoms with van der Waals surface area (Å²) < 4.78 is 4.65. The molecule has 0 amide bonds. The zero-order chi connectivity index (χ0) is 44.1. The zero-order valence-corrected chi connectivity index (χ0v) is 35.7. The van der Waals surface area contributed by atoms with E-state index in [-0.39, 0.29) is 0 Å². The first-order valence-corrected chi connectivity index (χ1v) is 22.1. The van der Waals surface area contributed by atoms with Crippen molar-refractivity contribution >= 4 is 43.6 Å². The molecule has 0 atom stereocenters. The highest BCUT2D eigenvalue weighted by atomic mass is 15.1. The normalized spacial score (nSPS) is 11.3. The highest BCUT2D eigenvalue weighted by Gasteiger charge is 2.26. The second kappa shape index (κ2) is 15.8. The maximum atomic E-state index is 11.3. The molecule has 0 aliphatic rings. The van der Waals surface area contributed by atoms with Crippen LogP contribution in [-0.4, -0.2) is 9.13 Å². The Kier molecular flexibility index (Phi) is 9.23. The maximum absolute atomic E-state index is 11.3. The first-order valence-electron chi connectivity index (χ1n) is 22.1. The first-order chi connectivity index (χ1) is 32.6. The molecular formula is C62H38N4. The Hall–Kier alpha value is -9.22. The topological polar surface area (TPSA) is 57.4 Å². The van der Waals surface area contributed by atoms with Gasteiger partial charge in [-0.3, -0.25) is 0 Å². The molecule has 0 N–H and O–H groups in total. The number of hydrogen-bond acceptors (Lipinski definition) is 2. The van der Waals surface area contributed by atoms with Crippen LogP contribution in [0.15, 0.2) is 231 Å². The van der Waals surface area contributed by atoms with E-state index >= 15 is 0 Å². The minimum absolute atomic E-state index is 0.528. The fourth-order valence-corrected chi connectivity index (χ4v) is 9.88. The molecular weight excluding hydrogens is 801 g/mol. The van der Waals surface area contributed by atoms with E-state index in [0.29, 0.717) is 11.1 Å². The number of nitrogens with zero attached hydrogens (tertiary/aromatic N) is 4. The summed E-state index contributed by atoms with van der Waals surface area (Å²) in [6, 6.07) is 85.7. The van der Waals surface area contributed by atoms with Crippen LogP contribution < -0.4 is 0 Å². The van der Waals surface area contributed by atoms with Crippen molar-refractivity contribution in [2.24, 2.45) is 0 Å². The van der Waals surface area contributed by atoms with E-state index in [4.69, 9.17) is 0 Å². The summed E-state index contributed by atoms with van der Waals surface area (Å²) in [4.78, 5) is 0. The van der Waals surface area contributed by atoms with Crippen LogP contribution in [0.3, 0.4) is 0 Å². The predicted molar refractivity (Wildman–Crippen MR) is 272 cm³/mol. The van der Waals surface area contributed by atoms with Gasteiger partial charge < -0.3 is 9.13 Å². The summed E-state index contributed by atoms with van der Waals surface area (Å²) in [5.74, 6) is 0. The van der Waals surface area contributed by atoms with E-state index in [1.54, 1.807) is 0 Å². The van der Waals surface area contributed by atoms with Gasteiger partial charge in [0, 0.05) is 27.1 Å². The van der Waals surface area contributed by atoms with Gasteiger partial charge in [-0.1, -0.05) is 164 Å². The Balaban J connectivity index is 1.24. The van der Waals surface area contributed by atoms with Gasteiger partial charge in [-0.05, 0) is 117 Å². The minimum Gasteiger partial charge on any atom is -0.307 e. The van der Waals surface area contributed by atoms with Crippen LogP contribution in [0.5, 0.6) is 0 Å². The van der Waals surface area contributed by atoms with E-state index in [1.807, 2.05) is 48.5 Å². The highest BCUT2D eigenvalue weighted by Crippen LogP contribution is 2.46. The molecule has 2 aromatic heterocycles. The van der Waals surface area contributed by atoms with E-state index in [2.05, 4.69) is 203 Å². The molecule has 0 aliphatic heterocycles. The van der Waals surface area contributed by atoms with Crippen molar-refractivity contribution in [2.45, 2.75) is 0 Å². The van der Waals surface area contributed by atoms with Crippen molar-refractivity contribution in [2.75, 3.05) is 0 Å². The molecule has 2 heterocycles. The van der Waals surface area contributed by atoms with Crippen LogP contribution in [0.25, 0.3) is 111 Å². The van der Waals surface area contributed by atoms with Crippen LogP contribution in [0.1, 0.15) is 11.1 Å². The van der Waals surface area contributed by atoms with Crippen molar-refractivity contribution in [1.82, 2.24) is 9.13 Å². The van der Waals surface area contributed by atoms with Gasteiger partial charge in [0.05, 0.1) is 50.6 Å². The number of nitriles is 2. The van der Waals surface area contributed by atoms with Crippen molar-refractivity contribution in [3.8, 4) is 79.1 Å². The lowest BCUT2D eigenvalue weighted by Gasteiger charge is -2.22. The van der Waals surface area contributed by atoms with Crippen molar-refractivity contribution in [3.63, 3.8) is 0 Å². The Morgan fingerprint density at radius 3 is 1.00 bits per heavy atom. The monoisotopic (exact) mass is 838 g/mol. The second-order valence-corrected chi connectivity index (χ2v) is 16.7. The van der Waals surface area contributed by atoms with Crippen molar-refractivity contribution in [3.05, 3.63) is 242 Å². The van der Waals surface area contributed by atoms with E-state index in [0.717, 1.165) is 111 Å². The Morgan fingerprint density at radius 1 is 0.273 bits per heavy atom. The molecule has 0 unspecified atom stereocenters. The molecule has 0 fully saturated rings. The third-order valence-corrected chi connectivity index (χ3v) is 13.0. The highest BCUT2D eigenvalue weighted by molar-refractivity contribution is 6.15. The summed E-state index contributed by atoms with van der Waals surface area (Å²) in [7, 11) is 0. The number of benzene rings is 10. The Labute approximate surface area is 382 Å². The van der Waals surface area contributed by atoms with Crippen molar-refractivity contribution in [1.29, 1.82) is 10.5 Å². The zero-order valence-electron chi connectivity index (χ0n) is 35.7. The summed E-state index contributed by atoms with van der Waals surface area (Å²) in [5, 5.41) is 25.9. The van der Waals surface area contributed by atoms with E-state index in [1.165, 1.54) is 0 Å². The van der Waals surface area contributed by atoms with E-state index in [9.17, 15) is 10.5 Å². The predicted octanol–water partition coefficient (Wildman–Crippen LogP) is 16.0. The van der Waals surface area contributed by atoms with Crippen LogP contribution in [0, 0.1) is 22.7 Å². The summed E-state index contributed by atoms with van der Waals surface area (Å²) >= 11 is 0. The van der Waals surface area contributed by atoms with Gasteiger partial charge in [-0.15, -0.1) is 0 Å². The summed E-state index contributed by atoms with van der Waals surface area (Å²) in [5.41, 5.74) is 17.4. The molecule has 12 aromatic rings. The first kappa shape index (κ1) is 38.5. The second-order valence-electron chi connectivity index (χ2n) is 16.7. The fraction of sp³-hybridized carbons (Fsp3) is 0. The third-order valence-electron chi connectivity index (χ3n) is 13.0. The van der Waals surface area contributed by atoms with E-state index < -0.39 is 0 Å². The lowest BCUT2D eigenvalue weighted by Crippen LogP contribution is -2.08. The van der Waals surface area contributed by atoms with Gasteiger partial charge in [0.2, 0.25) is 0 Å². The summed E-state index contributed by atoms with van der Waals surface area (Å²) in [6.07, 6.45) is 0. The van der Waals surface area contributed by atoms with Gasteiger partial charge in [0.15, 0.2) is 0 Å². The van der Waals surface area contributed by atoms with Gasteiger partial charge in [0.1, 0.15) is 6.07 Å². The van der Waals surface area contributed by atoms with Gasteiger partial charge in [-0.2, -0.15) is 10.5 Å². The SMILES string of the molecule is N#Cc1cccc(-c2ccc(C#N)c(-n3c4ccc(-c5ccccc5)cc4c4cc(-c5ccccc5)ccc43)c2-n2c3ccc(-c4ccccc4)cc3c3cc(-c4ccccc4)ccc32)c1. The summed E-state index contributed by atoms with van der Waals surface area (Å²) in [6.45, 7) is 0. The quantitative estimate of drug-likeness (QED) is 0.161. The maximum Gasteiger partial charge on any atom is 0.101 e. The lowest BCUT2D eigenvalue weighted by atomic mass is 9.97. The third kappa shape index (κ3) is 6.36. The molecule has 12 rings (SSSR count). The van der Waals surface area contributed by atoms with Crippen LogP contribution in [0.2, 0.25) is 0 Å². The average molecular weight is 839 g/mol. The number of rotatable bonds is 7. The molecule has 66 heavy (non-hydrogen) atoms. The largest absolute Gasteiger partial charge is 0.307 e. The smallest absolute Gasteiger partial charge is 0.101 e. The lowest BCUT2D eigenvalue weighted by molar-refractivity contribution is 1.09. The van der Waals surface area contributed by atoms with Crippen LogP contribution >= 0.6 is 0 Å².